The van der Waals surface area contributed by atoms with Crippen molar-refractivity contribution in [3.05, 3.63) is 23.5 Å². The summed E-state index contributed by atoms with van der Waals surface area (Å²) in [4.78, 5) is 35.9. The number of hydrogen-bond acceptors (Lipinski definition) is 6. The molecule has 0 bridgehead atoms. The number of carboxylic acid groups (broad SMARTS) is 1. The number of aromatic nitrogens is 1. The van der Waals surface area contributed by atoms with Crippen molar-refractivity contribution >= 4 is 17.7 Å². The van der Waals surface area contributed by atoms with Crippen LogP contribution in [0.25, 0.3) is 0 Å². The molecule has 1 aromatic heterocycles. The number of ether oxygens (including phenoxy) is 3. The highest BCUT2D eigenvalue weighted by Crippen LogP contribution is 2.27. The van der Waals surface area contributed by atoms with Gasteiger partial charge >= 0.3 is 11.9 Å². The van der Waals surface area contributed by atoms with Crippen molar-refractivity contribution in [2.24, 2.45) is 5.92 Å². The molecule has 8 nitrogen and oxygen atoms in total. The van der Waals surface area contributed by atoms with E-state index in [1.165, 1.54) is 0 Å². The molecule has 0 spiro atoms. The van der Waals surface area contributed by atoms with Gasteiger partial charge in [0.1, 0.15) is 12.2 Å². The SMILES string of the molecule is CCOC(=O)c1cc[nH]c1C1CCOC1.O=C(O)CC(=O)CCC1CCOC1. The van der Waals surface area contributed by atoms with Gasteiger partial charge in [0, 0.05) is 44.1 Å². The van der Waals surface area contributed by atoms with Gasteiger partial charge in [0.25, 0.3) is 0 Å². The Morgan fingerprint density at radius 2 is 1.96 bits per heavy atom. The Kier molecular flexibility index (Phi) is 9.16. The third-order valence-electron chi connectivity index (χ3n) is 4.82. The number of nitrogens with one attached hydrogen (secondary N) is 1. The first-order valence-corrected chi connectivity index (χ1v) is 9.74. The van der Waals surface area contributed by atoms with Crippen LogP contribution >= 0.6 is 0 Å². The highest BCUT2D eigenvalue weighted by Gasteiger charge is 2.24. The van der Waals surface area contributed by atoms with Crippen LogP contribution in [0.15, 0.2) is 12.3 Å². The van der Waals surface area contributed by atoms with E-state index in [9.17, 15) is 14.4 Å². The summed E-state index contributed by atoms with van der Waals surface area (Å²) in [6.07, 6.45) is 4.55. The van der Waals surface area contributed by atoms with Crippen molar-refractivity contribution in [3.8, 4) is 0 Å². The quantitative estimate of drug-likeness (QED) is 0.513. The zero-order valence-corrected chi connectivity index (χ0v) is 16.3. The lowest BCUT2D eigenvalue weighted by atomic mass is 10.0. The maximum atomic E-state index is 11.6. The molecule has 2 atom stereocenters. The number of H-pyrrole nitrogens is 1. The van der Waals surface area contributed by atoms with Crippen molar-refractivity contribution in [1.82, 2.24) is 4.98 Å². The molecule has 3 heterocycles. The van der Waals surface area contributed by atoms with Crippen molar-refractivity contribution in [2.45, 2.75) is 44.9 Å². The molecule has 28 heavy (non-hydrogen) atoms. The van der Waals surface area contributed by atoms with E-state index < -0.39 is 5.97 Å². The van der Waals surface area contributed by atoms with E-state index in [1.807, 2.05) is 6.92 Å². The van der Waals surface area contributed by atoms with Gasteiger partial charge < -0.3 is 24.3 Å². The predicted octanol–water partition coefficient (Wildman–Crippen LogP) is 2.54. The molecule has 1 aromatic rings. The van der Waals surface area contributed by atoms with E-state index in [4.69, 9.17) is 19.3 Å². The maximum absolute atomic E-state index is 11.6. The smallest absolute Gasteiger partial charge is 0.339 e. The van der Waals surface area contributed by atoms with E-state index in [0.717, 1.165) is 44.8 Å². The molecule has 2 N–H and O–H groups in total. The Balaban J connectivity index is 0.000000203. The first-order valence-electron chi connectivity index (χ1n) is 9.74. The van der Waals surface area contributed by atoms with Crippen LogP contribution in [0.4, 0.5) is 0 Å². The van der Waals surface area contributed by atoms with E-state index >= 15 is 0 Å². The zero-order valence-electron chi connectivity index (χ0n) is 16.3. The van der Waals surface area contributed by atoms with Gasteiger partial charge in [0.05, 0.1) is 18.8 Å². The molecule has 2 saturated heterocycles. The number of carbonyl (C=O) groups excluding carboxylic acids is 2. The lowest BCUT2D eigenvalue weighted by molar-refractivity contribution is -0.140. The second kappa shape index (κ2) is 11.6. The molecule has 8 heteroatoms. The van der Waals surface area contributed by atoms with Crippen molar-refractivity contribution in [2.75, 3.05) is 33.0 Å². The van der Waals surface area contributed by atoms with Crippen LogP contribution in [-0.2, 0) is 23.8 Å². The van der Waals surface area contributed by atoms with Crippen LogP contribution in [0.3, 0.4) is 0 Å². The van der Waals surface area contributed by atoms with Crippen LogP contribution < -0.4 is 0 Å². The third-order valence-corrected chi connectivity index (χ3v) is 4.82. The number of rotatable bonds is 8. The highest BCUT2D eigenvalue weighted by molar-refractivity contribution is 5.94. The molecule has 0 aliphatic carbocycles. The van der Waals surface area contributed by atoms with Crippen molar-refractivity contribution < 1.29 is 33.7 Å². The predicted molar refractivity (Wildman–Crippen MR) is 100 cm³/mol. The molecular weight excluding hydrogens is 366 g/mol. The minimum Gasteiger partial charge on any atom is -0.481 e. The fraction of sp³-hybridized carbons (Fsp3) is 0.650. The van der Waals surface area contributed by atoms with Gasteiger partial charge in [-0.2, -0.15) is 0 Å². The van der Waals surface area contributed by atoms with Crippen molar-refractivity contribution in [1.29, 1.82) is 0 Å². The molecule has 0 amide bonds. The standard InChI is InChI=1S/C11H15NO3.C9H14O4/c1-2-15-11(13)9-3-5-12-10(9)8-4-6-14-7-8;10-8(5-9(11)12)2-1-7-3-4-13-6-7/h3,5,8,12H,2,4,6-7H2,1H3;7H,1-6H2,(H,11,12). The van der Waals surface area contributed by atoms with E-state index in [1.54, 1.807) is 12.3 Å². The molecule has 0 aromatic carbocycles. The van der Waals surface area contributed by atoms with Crippen molar-refractivity contribution in [3.63, 3.8) is 0 Å². The number of aromatic amines is 1. The molecule has 2 aliphatic heterocycles. The van der Waals surface area contributed by atoms with Gasteiger partial charge in [0.15, 0.2) is 0 Å². The van der Waals surface area contributed by atoms with Crippen LogP contribution in [0, 0.1) is 5.92 Å². The normalized spacial score (nSPS) is 21.0. The number of carboxylic acids is 1. The van der Waals surface area contributed by atoms with Crippen LogP contribution in [-0.4, -0.2) is 60.8 Å². The molecule has 2 unspecified atom stereocenters. The Hall–Kier alpha value is -2.19. The Morgan fingerprint density at radius 1 is 1.21 bits per heavy atom. The van der Waals surface area contributed by atoms with Gasteiger partial charge in [-0.05, 0) is 38.2 Å². The molecule has 0 radical (unpaired) electrons. The summed E-state index contributed by atoms with van der Waals surface area (Å²) in [6.45, 7) is 5.17. The summed E-state index contributed by atoms with van der Waals surface area (Å²) < 4.78 is 15.4. The lowest BCUT2D eigenvalue weighted by Gasteiger charge is -2.08. The first kappa shape index (κ1) is 22.1. The number of hydrogen-bond donors (Lipinski definition) is 2. The average Bonchev–Trinajstić information content (AvgIpc) is 3.42. The molecule has 2 aliphatic rings. The van der Waals surface area contributed by atoms with E-state index in [0.29, 0.717) is 37.0 Å². The monoisotopic (exact) mass is 395 g/mol. The van der Waals surface area contributed by atoms with Gasteiger partial charge in [0.2, 0.25) is 0 Å². The number of esters is 1. The second-order valence-electron chi connectivity index (χ2n) is 6.96. The van der Waals surface area contributed by atoms with Gasteiger partial charge in [-0.25, -0.2) is 4.79 Å². The van der Waals surface area contributed by atoms with Gasteiger partial charge in [-0.3, -0.25) is 9.59 Å². The average molecular weight is 395 g/mol. The molecule has 2 fully saturated rings. The minimum absolute atomic E-state index is 0.181. The van der Waals surface area contributed by atoms with Gasteiger partial charge in [-0.1, -0.05) is 0 Å². The summed E-state index contributed by atoms with van der Waals surface area (Å²) in [5, 5.41) is 8.33. The number of aliphatic carboxylic acids is 1. The molecule has 156 valence electrons. The Bertz CT molecular complexity index is 643. The van der Waals surface area contributed by atoms with E-state index in [2.05, 4.69) is 4.98 Å². The van der Waals surface area contributed by atoms with Gasteiger partial charge in [-0.15, -0.1) is 0 Å². The van der Waals surface area contributed by atoms with Crippen LogP contribution in [0.5, 0.6) is 0 Å². The van der Waals surface area contributed by atoms with Crippen LogP contribution in [0.1, 0.15) is 61.0 Å². The fourth-order valence-corrected chi connectivity index (χ4v) is 3.30. The topological polar surface area (TPSA) is 115 Å². The summed E-state index contributed by atoms with van der Waals surface area (Å²) >= 11 is 0. The van der Waals surface area contributed by atoms with E-state index in [-0.39, 0.29) is 18.2 Å². The zero-order chi connectivity index (χ0) is 20.4. The lowest BCUT2D eigenvalue weighted by Crippen LogP contribution is -2.09. The first-order chi connectivity index (χ1) is 13.5. The number of Topliss-reactive ketones (excluding diaryl/α,β-unsaturated/α-hetero) is 1. The second-order valence-corrected chi connectivity index (χ2v) is 6.96. The number of carbonyl (C=O) groups is 3. The highest BCUT2D eigenvalue weighted by atomic mass is 16.5. The molecule has 3 rings (SSSR count). The minimum atomic E-state index is -1.03. The van der Waals surface area contributed by atoms with Crippen LogP contribution in [0.2, 0.25) is 0 Å². The largest absolute Gasteiger partial charge is 0.481 e. The third kappa shape index (κ3) is 7.09. The molecule has 0 saturated carbocycles. The number of ketones is 1. The summed E-state index contributed by atoms with van der Waals surface area (Å²) in [5.74, 6) is -0.704. The fourth-order valence-electron chi connectivity index (χ4n) is 3.30. The summed E-state index contributed by atoms with van der Waals surface area (Å²) in [6, 6.07) is 1.77. The summed E-state index contributed by atoms with van der Waals surface area (Å²) in [7, 11) is 0. The Labute approximate surface area is 164 Å². The maximum Gasteiger partial charge on any atom is 0.339 e. The summed E-state index contributed by atoms with van der Waals surface area (Å²) in [5.41, 5.74) is 1.60. The molecular formula is C20H29NO7. The Morgan fingerprint density at radius 3 is 2.57 bits per heavy atom.